The molecular weight excluding hydrogens is 256 g/mol. The Morgan fingerprint density at radius 3 is 2.55 bits per heavy atom. The highest BCUT2D eigenvalue weighted by Crippen LogP contribution is 2.17. The van der Waals surface area contributed by atoms with Gasteiger partial charge in [-0.3, -0.25) is 9.69 Å². The Balaban J connectivity index is 1.98. The Hall–Kier alpha value is -1.33. The quantitative estimate of drug-likeness (QED) is 0.912. The molecule has 5 nitrogen and oxygen atoms in total. The number of hydrogen-bond donors (Lipinski definition) is 1. The maximum absolute atomic E-state index is 12.4. The van der Waals surface area contributed by atoms with E-state index < -0.39 is 0 Å². The molecule has 2 heterocycles. The topological polar surface area (TPSA) is 54.7 Å². The first kappa shape index (κ1) is 15.1. The third-order valence-corrected chi connectivity index (χ3v) is 3.56. The number of furan rings is 1. The van der Waals surface area contributed by atoms with Crippen molar-refractivity contribution in [1.82, 2.24) is 10.2 Å². The first-order chi connectivity index (χ1) is 9.39. The van der Waals surface area contributed by atoms with Gasteiger partial charge in [0.15, 0.2) is 0 Å². The van der Waals surface area contributed by atoms with Crippen molar-refractivity contribution >= 4 is 5.91 Å². The standard InChI is InChI=1S/C15H24N2O3/c1-11-9-20-12(2)13(11)14(18)16-15(3,4)10-17-5-7-19-8-6-17/h9H,5-8,10H2,1-4H3,(H,16,18). The maximum Gasteiger partial charge on any atom is 0.255 e. The molecule has 112 valence electrons. The van der Waals surface area contributed by atoms with E-state index in [4.69, 9.17) is 9.15 Å². The highest BCUT2D eigenvalue weighted by Gasteiger charge is 2.27. The number of carbonyl (C=O) groups is 1. The molecule has 0 radical (unpaired) electrons. The fourth-order valence-corrected chi connectivity index (χ4v) is 2.64. The predicted octanol–water partition coefficient (Wildman–Crippen LogP) is 1.74. The van der Waals surface area contributed by atoms with E-state index in [1.165, 1.54) is 0 Å². The van der Waals surface area contributed by atoms with Crippen molar-refractivity contribution in [2.75, 3.05) is 32.8 Å². The monoisotopic (exact) mass is 280 g/mol. The largest absolute Gasteiger partial charge is 0.469 e. The molecule has 1 N–H and O–H groups in total. The molecule has 5 heteroatoms. The molecule has 1 aliphatic heterocycles. The molecule has 20 heavy (non-hydrogen) atoms. The van der Waals surface area contributed by atoms with Crippen molar-refractivity contribution in [3.05, 3.63) is 23.2 Å². The summed E-state index contributed by atoms with van der Waals surface area (Å²) in [5, 5.41) is 3.11. The van der Waals surface area contributed by atoms with E-state index in [1.54, 1.807) is 6.26 Å². The molecule has 1 amide bonds. The number of nitrogens with zero attached hydrogens (tertiary/aromatic N) is 1. The van der Waals surface area contributed by atoms with Gasteiger partial charge in [0, 0.05) is 30.7 Å². The summed E-state index contributed by atoms with van der Waals surface area (Å²) in [7, 11) is 0. The Morgan fingerprint density at radius 1 is 1.35 bits per heavy atom. The molecule has 0 aliphatic carbocycles. The van der Waals surface area contributed by atoms with Crippen LogP contribution < -0.4 is 5.32 Å². The fraction of sp³-hybridized carbons (Fsp3) is 0.667. The summed E-state index contributed by atoms with van der Waals surface area (Å²) in [5.74, 6) is 0.606. The number of rotatable bonds is 4. The van der Waals surface area contributed by atoms with E-state index in [0.29, 0.717) is 11.3 Å². The van der Waals surface area contributed by atoms with E-state index in [0.717, 1.165) is 38.4 Å². The molecule has 1 saturated heterocycles. The van der Waals surface area contributed by atoms with Gasteiger partial charge in [0.2, 0.25) is 0 Å². The molecule has 0 saturated carbocycles. The SMILES string of the molecule is Cc1coc(C)c1C(=O)NC(C)(C)CN1CCOCC1. The molecule has 0 unspecified atom stereocenters. The number of ether oxygens (including phenoxy) is 1. The summed E-state index contributed by atoms with van der Waals surface area (Å²) in [4.78, 5) is 14.7. The Morgan fingerprint density at radius 2 is 2.00 bits per heavy atom. The number of hydrogen-bond acceptors (Lipinski definition) is 4. The van der Waals surface area contributed by atoms with E-state index in [9.17, 15) is 4.79 Å². The second-order valence-corrected chi connectivity index (χ2v) is 6.08. The maximum atomic E-state index is 12.4. The van der Waals surface area contributed by atoms with E-state index >= 15 is 0 Å². The van der Waals surface area contributed by atoms with Gasteiger partial charge in [-0.25, -0.2) is 0 Å². The van der Waals surface area contributed by atoms with E-state index in [-0.39, 0.29) is 11.4 Å². The van der Waals surface area contributed by atoms with Crippen LogP contribution in [-0.2, 0) is 4.74 Å². The summed E-state index contributed by atoms with van der Waals surface area (Å²) >= 11 is 0. The second-order valence-electron chi connectivity index (χ2n) is 6.08. The van der Waals surface area contributed by atoms with Crippen LogP contribution in [0, 0.1) is 13.8 Å². The smallest absolute Gasteiger partial charge is 0.255 e. The first-order valence-corrected chi connectivity index (χ1v) is 7.06. The minimum absolute atomic E-state index is 0.0630. The second kappa shape index (κ2) is 5.97. The van der Waals surface area contributed by atoms with Crippen LogP contribution in [0.15, 0.2) is 10.7 Å². The molecule has 0 atom stereocenters. The van der Waals surface area contributed by atoms with Crippen molar-refractivity contribution in [3.8, 4) is 0 Å². The summed E-state index contributed by atoms with van der Waals surface area (Å²) in [6, 6.07) is 0. The number of aryl methyl sites for hydroxylation is 2. The minimum Gasteiger partial charge on any atom is -0.469 e. The van der Waals surface area contributed by atoms with Gasteiger partial charge in [-0.1, -0.05) is 0 Å². The molecule has 1 aromatic heterocycles. The van der Waals surface area contributed by atoms with Crippen LogP contribution in [0.25, 0.3) is 0 Å². The zero-order valence-electron chi connectivity index (χ0n) is 12.8. The van der Waals surface area contributed by atoms with Crippen molar-refractivity contribution < 1.29 is 13.9 Å². The van der Waals surface area contributed by atoms with Crippen LogP contribution in [0.4, 0.5) is 0 Å². The lowest BCUT2D eigenvalue weighted by molar-refractivity contribution is 0.0269. The molecule has 1 aromatic rings. The first-order valence-electron chi connectivity index (χ1n) is 7.06. The van der Waals surface area contributed by atoms with Crippen LogP contribution in [0.2, 0.25) is 0 Å². The predicted molar refractivity (Wildman–Crippen MR) is 77.0 cm³/mol. The zero-order chi connectivity index (χ0) is 14.8. The summed E-state index contributed by atoms with van der Waals surface area (Å²) < 4.78 is 10.6. The summed E-state index contributed by atoms with van der Waals surface area (Å²) in [6.07, 6.45) is 1.62. The highest BCUT2D eigenvalue weighted by atomic mass is 16.5. The number of carbonyl (C=O) groups excluding carboxylic acids is 1. The third-order valence-electron chi connectivity index (χ3n) is 3.56. The number of morpholine rings is 1. The lowest BCUT2D eigenvalue weighted by atomic mass is 10.0. The van der Waals surface area contributed by atoms with Gasteiger partial charge in [-0.15, -0.1) is 0 Å². The lowest BCUT2D eigenvalue weighted by Crippen LogP contribution is -2.53. The molecular formula is C15H24N2O3. The van der Waals surface area contributed by atoms with Crippen LogP contribution in [-0.4, -0.2) is 49.2 Å². The lowest BCUT2D eigenvalue weighted by Gasteiger charge is -2.35. The van der Waals surface area contributed by atoms with Gasteiger partial charge in [-0.05, 0) is 27.7 Å². The van der Waals surface area contributed by atoms with Gasteiger partial charge in [0.05, 0.1) is 25.0 Å². The Kier molecular flexibility index (Phi) is 4.50. The van der Waals surface area contributed by atoms with Crippen molar-refractivity contribution in [2.24, 2.45) is 0 Å². The van der Waals surface area contributed by atoms with Gasteiger partial charge in [0.25, 0.3) is 5.91 Å². The minimum atomic E-state index is -0.287. The fourth-order valence-electron chi connectivity index (χ4n) is 2.64. The van der Waals surface area contributed by atoms with Crippen LogP contribution in [0.3, 0.4) is 0 Å². The average molecular weight is 280 g/mol. The van der Waals surface area contributed by atoms with Crippen LogP contribution in [0.1, 0.15) is 35.5 Å². The molecule has 0 aromatic carbocycles. The van der Waals surface area contributed by atoms with Gasteiger partial charge in [0.1, 0.15) is 5.76 Å². The normalized spacial score (nSPS) is 17.2. The summed E-state index contributed by atoms with van der Waals surface area (Å²) in [5.41, 5.74) is 1.24. The van der Waals surface area contributed by atoms with Crippen molar-refractivity contribution in [1.29, 1.82) is 0 Å². The Labute approximate surface area is 120 Å². The third kappa shape index (κ3) is 3.61. The van der Waals surface area contributed by atoms with Crippen molar-refractivity contribution in [3.63, 3.8) is 0 Å². The van der Waals surface area contributed by atoms with Gasteiger partial charge in [-0.2, -0.15) is 0 Å². The van der Waals surface area contributed by atoms with Gasteiger partial charge >= 0.3 is 0 Å². The number of amides is 1. The molecule has 0 bridgehead atoms. The summed E-state index contributed by atoms with van der Waals surface area (Å²) in [6.45, 7) is 12.0. The van der Waals surface area contributed by atoms with E-state index in [1.807, 2.05) is 27.7 Å². The van der Waals surface area contributed by atoms with E-state index in [2.05, 4.69) is 10.2 Å². The Bertz CT molecular complexity index is 454. The molecule has 1 aliphatic rings. The van der Waals surface area contributed by atoms with Crippen molar-refractivity contribution in [2.45, 2.75) is 33.2 Å². The molecule has 2 rings (SSSR count). The highest BCUT2D eigenvalue weighted by molar-refractivity contribution is 5.96. The molecule has 1 fully saturated rings. The number of nitrogens with one attached hydrogen (secondary N) is 1. The van der Waals surface area contributed by atoms with Gasteiger partial charge < -0.3 is 14.5 Å². The molecule has 0 spiro atoms. The average Bonchev–Trinajstić information content (AvgIpc) is 2.69. The zero-order valence-corrected chi connectivity index (χ0v) is 12.8. The van der Waals surface area contributed by atoms with Crippen LogP contribution in [0.5, 0.6) is 0 Å². The van der Waals surface area contributed by atoms with Crippen LogP contribution >= 0.6 is 0 Å².